The molecule has 0 fully saturated rings. The van der Waals surface area contributed by atoms with Crippen molar-refractivity contribution in [1.29, 1.82) is 0 Å². The molecule has 0 aliphatic rings. The molecule has 1 aromatic carbocycles. The number of benzene rings is 1. The van der Waals surface area contributed by atoms with Crippen LogP contribution in [0.4, 0.5) is 0 Å². The van der Waals surface area contributed by atoms with Gasteiger partial charge in [0.05, 0.1) is 18.3 Å². The molecule has 0 heterocycles. The van der Waals surface area contributed by atoms with E-state index < -0.39 is 0 Å². The van der Waals surface area contributed by atoms with Crippen LogP contribution in [0, 0.1) is 0 Å². The number of carbonyl (C=O) groups is 1. The lowest BCUT2D eigenvalue weighted by Gasteiger charge is -2.11. The number of halogens is 1. The maximum Gasteiger partial charge on any atom is 0.236 e. The Morgan fingerprint density at radius 1 is 1.58 bits per heavy atom. The van der Waals surface area contributed by atoms with Crippen LogP contribution in [0.15, 0.2) is 29.9 Å². The second-order valence-electron chi connectivity index (χ2n) is 3.56. The summed E-state index contributed by atoms with van der Waals surface area (Å²) < 4.78 is 10.6. The van der Waals surface area contributed by atoms with Gasteiger partial charge in [0.1, 0.15) is 6.61 Å². The Kier molecular flexibility index (Phi) is 5.89. The molecule has 1 N–H and O–H groups in total. The zero-order chi connectivity index (χ0) is 14.3. The van der Waals surface area contributed by atoms with Gasteiger partial charge < -0.3 is 9.47 Å². The predicted octanol–water partition coefficient (Wildman–Crippen LogP) is 2.38. The molecule has 102 valence electrons. The normalized spacial score (nSPS) is 10.3. The third-order valence-electron chi connectivity index (χ3n) is 2.03. The van der Waals surface area contributed by atoms with Crippen LogP contribution in [0.5, 0.6) is 11.5 Å². The molecule has 6 heteroatoms. The SMILES string of the molecule is C=CCOc1c(Cl)cc(C=NNC(C)=O)cc1OC. The first-order valence-corrected chi connectivity index (χ1v) is 5.87. The molecular weight excluding hydrogens is 268 g/mol. The summed E-state index contributed by atoms with van der Waals surface area (Å²) in [7, 11) is 1.52. The van der Waals surface area contributed by atoms with Gasteiger partial charge in [0.25, 0.3) is 0 Å². The Balaban J connectivity index is 2.98. The molecule has 1 rings (SSSR count). The number of methoxy groups -OCH3 is 1. The van der Waals surface area contributed by atoms with Crippen molar-refractivity contribution in [3.8, 4) is 11.5 Å². The topological polar surface area (TPSA) is 59.9 Å². The van der Waals surface area contributed by atoms with Gasteiger partial charge in [-0.3, -0.25) is 4.79 Å². The van der Waals surface area contributed by atoms with Crippen molar-refractivity contribution in [3.63, 3.8) is 0 Å². The smallest absolute Gasteiger partial charge is 0.236 e. The standard InChI is InChI=1S/C13H15ClN2O3/c1-4-5-19-13-11(14)6-10(7-12(13)18-3)8-15-16-9(2)17/h4,6-8H,1,5H2,2-3H3,(H,16,17). The van der Waals surface area contributed by atoms with E-state index in [2.05, 4.69) is 17.1 Å². The lowest BCUT2D eigenvalue weighted by atomic mass is 10.2. The van der Waals surface area contributed by atoms with E-state index >= 15 is 0 Å². The highest BCUT2D eigenvalue weighted by Crippen LogP contribution is 2.35. The Hall–Kier alpha value is -2.01. The van der Waals surface area contributed by atoms with Crippen LogP contribution < -0.4 is 14.9 Å². The summed E-state index contributed by atoms with van der Waals surface area (Å²) >= 11 is 6.10. The molecule has 0 aromatic heterocycles. The Morgan fingerprint density at radius 2 is 2.32 bits per heavy atom. The quantitative estimate of drug-likeness (QED) is 0.495. The maximum absolute atomic E-state index is 10.7. The van der Waals surface area contributed by atoms with Crippen LogP contribution in [-0.4, -0.2) is 25.8 Å². The molecular formula is C13H15ClN2O3. The van der Waals surface area contributed by atoms with E-state index in [0.29, 0.717) is 28.7 Å². The van der Waals surface area contributed by atoms with E-state index in [1.165, 1.54) is 20.2 Å². The van der Waals surface area contributed by atoms with Gasteiger partial charge in [-0.2, -0.15) is 5.10 Å². The highest BCUT2D eigenvalue weighted by Gasteiger charge is 2.10. The molecule has 0 unspecified atom stereocenters. The summed E-state index contributed by atoms with van der Waals surface area (Å²) in [5.41, 5.74) is 2.98. The molecule has 0 bridgehead atoms. The van der Waals surface area contributed by atoms with Crippen molar-refractivity contribution in [3.05, 3.63) is 35.4 Å². The highest BCUT2D eigenvalue weighted by molar-refractivity contribution is 6.32. The van der Waals surface area contributed by atoms with Gasteiger partial charge in [-0.1, -0.05) is 24.3 Å². The fraction of sp³-hybridized carbons (Fsp3) is 0.231. The van der Waals surface area contributed by atoms with E-state index in [1.54, 1.807) is 18.2 Å². The van der Waals surface area contributed by atoms with Gasteiger partial charge in [0, 0.05) is 6.92 Å². The molecule has 0 atom stereocenters. The van der Waals surface area contributed by atoms with Crippen molar-refractivity contribution in [2.24, 2.45) is 5.10 Å². The molecule has 1 aromatic rings. The average Bonchev–Trinajstić information content (AvgIpc) is 2.36. The predicted molar refractivity (Wildman–Crippen MR) is 75.1 cm³/mol. The molecule has 0 spiro atoms. The molecule has 1 amide bonds. The molecule has 0 saturated heterocycles. The van der Waals surface area contributed by atoms with Crippen LogP contribution in [0.2, 0.25) is 5.02 Å². The first kappa shape index (κ1) is 15.0. The van der Waals surface area contributed by atoms with E-state index in [-0.39, 0.29) is 5.91 Å². The number of hydrogen-bond acceptors (Lipinski definition) is 4. The maximum atomic E-state index is 10.7. The summed E-state index contributed by atoms with van der Waals surface area (Å²) in [6.07, 6.45) is 3.08. The number of nitrogens with zero attached hydrogens (tertiary/aromatic N) is 1. The lowest BCUT2D eigenvalue weighted by molar-refractivity contribution is -0.118. The van der Waals surface area contributed by atoms with Crippen LogP contribution in [-0.2, 0) is 4.79 Å². The molecule has 0 saturated carbocycles. The molecule has 0 aliphatic heterocycles. The number of ether oxygens (including phenoxy) is 2. The molecule has 0 radical (unpaired) electrons. The van der Waals surface area contributed by atoms with Gasteiger partial charge >= 0.3 is 0 Å². The van der Waals surface area contributed by atoms with Crippen molar-refractivity contribution < 1.29 is 14.3 Å². The van der Waals surface area contributed by atoms with Crippen molar-refractivity contribution in [1.82, 2.24) is 5.43 Å². The Morgan fingerprint density at radius 3 is 2.89 bits per heavy atom. The minimum atomic E-state index is -0.250. The number of amides is 1. The minimum absolute atomic E-state index is 0.250. The monoisotopic (exact) mass is 282 g/mol. The van der Waals surface area contributed by atoms with E-state index in [9.17, 15) is 4.79 Å². The fourth-order valence-electron chi connectivity index (χ4n) is 1.29. The van der Waals surface area contributed by atoms with Crippen LogP contribution in [0.1, 0.15) is 12.5 Å². The third-order valence-corrected chi connectivity index (χ3v) is 2.31. The summed E-state index contributed by atoms with van der Waals surface area (Å²) in [6, 6.07) is 3.36. The number of hydrazone groups is 1. The van der Waals surface area contributed by atoms with Crippen molar-refractivity contribution in [2.75, 3.05) is 13.7 Å². The van der Waals surface area contributed by atoms with Crippen molar-refractivity contribution >= 4 is 23.7 Å². The number of hydrogen-bond donors (Lipinski definition) is 1. The van der Waals surface area contributed by atoms with Gasteiger partial charge in [-0.15, -0.1) is 0 Å². The van der Waals surface area contributed by atoms with E-state index in [4.69, 9.17) is 21.1 Å². The number of rotatable bonds is 6. The fourth-order valence-corrected chi connectivity index (χ4v) is 1.57. The van der Waals surface area contributed by atoms with Gasteiger partial charge in [-0.25, -0.2) is 5.43 Å². The minimum Gasteiger partial charge on any atom is -0.493 e. The second kappa shape index (κ2) is 7.43. The zero-order valence-electron chi connectivity index (χ0n) is 10.8. The third kappa shape index (κ3) is 4.63. The number of nitrogens with one attached hydrogen (secondary N) is 1. The largest absolute Gasteiger partial charge is 0.493 e. The van der Waals surface area contributed by atoms with Gasteiger partial charge in [-0.05, 0) is 17.7 Å². The summed E-state index contributed by atoms with van der Waals surface area (Å²) in [5, 5.41) is 4.15. The van der Waals surface area contributed by atoms with Gasteiger partial charge in [0.2, 0.25) is 5.91 Å². The zero-order valence-corrected chi connectivity index (χ0v) is 11.5. The summed E-state index contributed by atoms with van der Waals surface area (Å²) in [4.78, 5) is 10.7. The molecule has 0 aliphatic carbocycles. The van der Waals surface area contributed by atoms with Crippen LogP contribution >= 0.6 is 11.6 Å². The lowest BCUT2D eigenvalue weighted by Crippen LogP contribution is -2.12. The molecule has 5 nitrogen and oxygen atoms in total. The molecule has 19 heavy (non-hydrogen) atoms. The first-order valence-electron chi connectivity index (χ1n) is 5.49. The van der Waals surface area contributed by atoms with E-state index in [0.717, 1.165) is 0 Å². The summed E-state index contributed by atoms with van der Waals surface area (Å²) in [5.74, 6) is 0.680. The second-order valence-corrected chi connectivity index (χ2v) is 3.97. The highest BCUT2D eigenvalue weighted by atomic mass is 35.5. The number of carbonyl (C=O) groups excluding carboxylic acids is 1. The Labute approximate surface area is 116 Å². The summed E-state index contributed by atoms with van der Waals surface area (Å²) in [6.45, 7) is 5.27. The van der Waals surface area contributed by atoms with Crippen LogP contribution in [0.3, 0.4) is 0 Å². The van der Waals surface area contributed by atoms with Crippen LogP contribution in [0.25, 0.3) is 0 Å². The Bertz CT molecular complexity index is 501. The van der Waals surface area contributed by atoms with Crippen molar-refractivity contribution in [2.45, 2.75) is 6.92 Å². The first-order chi connectivity index (χ1) is 9.08. The van der Waals surface area contributed by atoms with Gasteiger partial charge in [0.15, 0.2) is 11.5 Å². The average molecular weight is 283 g/mol. The van der Waals surface area contributed by atoms with E-state index in [1.807, 2.05) is 0 Å².